The third-order valence-electron chi connectivity index (χ3n) is 13.3. The van der Waals surface area contributed by atoms with Crippen LogP contribution in [-0.4, -0.2) is 73.4 Å². The second-order valence-electron chi connectivity index (χ2n) is 21.7. The number of likely N-dealkylation sites (N-methyl/N-ethyl adjacent to an activating group) is 1. The van der Waals surface area contributed by atoms with Gasteiger partial charge >= 0.3 is 7.82 Å². The molecule has 3 atom stereocenters. The molecule has 0 aliphatic carbocycles. The lowest BCUT2D eigenvalue weighted by atomic mass is 10.0. The second kappa shape index (κ2) is 54.5. The van der Waals surface area contributed by atoms with Crippen molar-refractivity contribution in [1.29, 1.82) is 0 Å². The molecular weight excluding hydrogens is 924 g/mol. The van der Waals surface area contributed by atoms with Crippen molar-refractivity contribution >= 4 is 13.7 Å². The zero-order valence-corrected chi connectivity index (χ0v) is 49.3. The molecule has 0 aromatic rings. The van der Waals surface area contributed by atoms with Crippen LogP contribution >= 0.6 is 7.82 Å². The fraction of sp³-hybridized carbons (Fsp3) is 0.766. The molecule has 0 fully saturated rings. The predicted molar refractivity (Wildman–Crippen MR) is 318 cm³/mol. The van der Waals surface area contributed by atoms with Crippen molar-refractivity contribution < 1.29 is 32.9 Å². The fourth-order valence-corrected chi connectivity index (χ4v) is 9.35. The number of unbranched alkanes of at least 4 members (excludes halogenated alkanes) is 30. The van der Waals surface area contributed by atoms with E-state index in [1.807, 2.05) is 27.2 Å². The van der Waals surface area contributed by atoms with Gasteiger partial charge in [0, 0.05) is 6.42 Å². The number of allylic oxidation sites excluding steroid dienone is 13. The first kappa shape index (κ1) is 70.7. The van der Waals surface area contributed by atoms with Crippen LogP contribution in [0.25, 0.3) is 0 Å². The lowest BCUT2D eigenvalue weighted by Gasteiger charge is -2.25. The van der Waals surface area contributed by atoms with Crippen LogP contribution in [-0.2, 0) is 18.4 Å². The minimum atomic E-state index is -4.35. The molecule has 0 aliphatic heterocycles. The highest BCUT2D eigenvalue weighted by atomic mass is 31.2. The van der Waals surface area contributed by atoms with Gasteiger partial charge in [-0.25, -0.2) is 4.57 Å². The number of phosphoric ester groups is 1. The van der Waals surface area contributed by atoms with E-state index in [0.29, 0.717) is 17.4 Å². The lowest BCUT2D eigenvalue weighted by Crippen LogP contribution is -2.45. The van der Waals surface area contributed by atoms with Crippen LogP contribution in [0.15, 0.2) is 85.1 Å². The molecule has 0 aliphatic rings. The normalized spacial score (nSPS) is 14.5. The van der Waals surface area contributed by atoms with Gasteiger partial charge in [0.15, 0.2) is 0 Å². The summed E-state index contributed by atoms with van der Waals surface area (Å²) >= 11 is 0. The number of rotatable bonds is 55. The Morgan fingerprint density at radius 2 is 0.836 bits per heavy atom. The molecule has 1 amide bonds. The first-order chi connectivity index (χ1) is 35.5. The predicted octanol–water partition coefficient (Wildman–Crippen LogP) is 18.8. The minimum Gasteiger partial charge on any atom is -0.387 e. The molecule has 0 saturated carbocycles. The fourth-order valence-electron chi connectivity index (χ4n) is 8.62. The highest BCUT2D eigenvalue weighted by Crippen LogP contribution is 2.43. The number of nitrogens with zero attached hydrogens (tertiary/aromatic N) is 1. The maximum absolute atomic E-state index is 13.0. The van der Waals surface area contributed by atoms with E-state index in [2.05, 4.69) is 92.1 Å². The van der Waals surface area contributed by atoms with Crippen molar-refractivity contribution in [2.45, 2.75) is 276 Å². The Bertz CT molecular complexity index is 1460. The Balaban J connectivity index is 3.91. The average molecular weight is 1040 g/mol. The number of hydrogen-bond acceptors (Lipinski definition) is 5. The zero-order valence-electron chi connectivity index (χ0n) is 48.4. The molecule has 0 aromatic carbocycles. The Morgan fingerprint density at radius 1 is 0.479 bits per heavy atom. The van der Waals surface area contributed by atoms with E-state index in [4.69, 9.17) is 9.05 Å². The van der Waals surface area contributed by atoms with Crippen LogP contribution in [0, 0.1) is 0 Å². The van der Waals surface area contributed by atoms with Crippen LogP contribution in [0.3, 0.4) is 0 Å². The van der Waals surface area contributed by atoms with Crippen LogP contribution in [0.2, 0.25) is 0 Å². The van der Waals surface area contributed by atoms with Crippen molar-refractivity contribution in [3.8, 4) is 0 Å². The highest BCUT2D eigenvalue weighted by Gasteiger charge is 2.27. The van der Waals surface area contributed by atoms with Crippen molar-refractivity contribution in [2.24, 2.45) is 0 Å². The highest BCUT2D eigenvalue weighted by molar-refractivity contribution is 7.47. The molecule has 0 bridgehead atoms. The summed E-state index contributed by atoms with van der Waals surface area (Å²) in [4.78, 5) is 23.2. The number of aliphatic hydroxyl groups is 1. The standard InChI is InChI=1S/C64H117N2O6P/c1-6-8-10-12-14-16-18-20-21-22-23-24-25-26-27-28-29-30-31-32-33-34-35-36-37-38-39-40-41-42-43-44-45-46-48-50-52-54-56-58-64(68)65-62(61-72-73(69,70)71-60-59-66(3,4)5)63(67)57-55-53-51-49-47-19-17-15-13-11-9-7-2/h8,10,14,16,20-21,23-24,26-27,47,49,55,57,62-63,67H,6-7,9,11-13,15,17-19,22,25,28-46,48,50-54,56,58-61H2,1-5H3,(H-,65,68,69,70)/p+1/b10-8-,16-14-,21-20-,24-23-,27-26-,49-47+,57-55+. The number of amides is 1. The van der Waals surface area contributed by atoms with E-state index in [1.165, 1.54) is 173 Å². The summed E-state index contributed by atoms with van der Waals surface area (Å²) < 4.78 is 23.6. The van der Waals surface area contributed by atoms with Gasteiger partial charge in [-0.05, 0) is 77.0 Å². The number of carbonyl (C=O) groups excluding carboxylic acids is 1. The van der Waals surface area contributed by atoms with Gasteiger partial charge in [-0.1, -0.05) is 266 Å². The van der Waals surface area contributed by atoms with Gasteiger partial charge in [0.2, 0.25) is 5.91 Å². The Morgan fingerprint density at radius 3 is 1.26 bits per heavy atom. The zero-order chi connectivity index (χ0) is 53.5. The van der Waals surface area contributed by atoms with Crippen molar-refractivity contribution in [3.63, 3.8) is 0 Å². The van der Waals surface area contributed by atoms with Crippen molar-refractivity contribution in [2.75, 3.05) is 40.9 Å². The first-order valence-corrected chi connectivity index (χ1v) is 32.0. The molecule has 0 saturated heterocycles. The SMILES string of the molecule is CC/C=C\C/C=C\C/C=C\C/C=C\C/C=C\CCCCCCCCCCCCCCCCCCCCCCCCCC(=O)NC(COP(=O)(O)OCC[N+](C)(C)C)C(O)/C=C/CC/C=C/CCCCCCCC. The molecule has 0 spiro atoms. The number of aliphatic hydroxyl groups excluding tert-OH is 1. The van der Waals surface area contributed by atoms with Crippen LogP contribution < -0.4 is 5.32 Å². The van der Waals surface area contributed by atoms with E-state index in [0.717, 1.165) is 70.6 Å². The van der Waals surface area contributed by atoms with E-state index >= 15 is 0 Å². The molecule has 0 heterocycles. The van der Waals surface area contributed by atoms with Gasteiger partial charge in [0.1, 0.15) is 13.2 Å². The molecule has 3 N–H and O–H groups in total. The largest absolute Gasteiger partial charge is 0.472 e. The lowest BCUT2D eigenvalue weighted by molar-refractivity contribution is -0.870. The van der Waals surface area contributed by atoms with E-state index in [-0.39, 0.29) is 19.1 Å². The van der Waals surface area contributed by atoms with E-state index in [1.54, 1.807) is 6.08 Å². The molecular formula is C64H118N2O6P+. The van der Waals surface area contributed by atoms with E-state index in [9.17, 15) is 19.4 Å². The number of nitrogens with one attached hydrogen (secondary N) is 1. The van der Waals surface area contributed by atoms with Crippen molar-refractivity contribution in [3.05, 3.63) is 85.1 Å². The van der Waals surface area contributed by atoms with Gasteiger partial charge in [0.25, 0.3) is 0 Å². The van der Waals surface area contributed by atoms with Crippen LogP contribution in [0.1, 0.15) is 264 Å². The molecule has 3 unspecified atom stereocenters. The topological polar surface area (TPSA) is 105 Å². The summed E-state index contributed by atoms with van der Waals surface area (Å²) in [5.41, 5.74) is 0. The quantitative estimate of drug-likeness (QED) is 0.0243. The van der Waals surface area contributed by atoms with Gasteiger partial charge in [-0.3, -0.25) is 13.8 Å². The molecule has 9 heteroatoms. The van der Waals surface area contributed by atoms with Gasteiger partial charge in [-0.15, -0.1) is 0 Å². The number of hydrogen-bond donors (Lipinski definition) is 3. The maximum atomic E-state index is 13.0. The van der Waals surface area contributed by atoms with Gasteiger partial charge in [-0.2, -0.15) is 0 Å². The third kappa shape index (κ3) is 57.2. The van der Waals surface area contributed by atoms with Crippen molar-refractivity contribution in [1.82, 2.24) is 5.32 Å². The molecule has 0 radical (unpaired) electrons. The summed E-state index contributed by atoms with van der Waals surface area (Å²) in [5, 5.41) is 13.9. The Labute approximate surface area is 452 Å². The molecule has 424 valence electrons. The molecule has 8 nitrogen and oxygen atoms in total. The monoisotopic (exact) mass is 1040 g/mol. The average Bonchev–Trinajstić information content (AvgIpc) is 3.35. The molecule has 0 rings (SSSR count). The summed E-state index contributed by atoms with van der Waals surface area (Å²) in [7, 11) is 1.56. The number of carbonyl (C=O) groups is 1. The minimum absolute atomic E-state index is 0.0553. The van der Waals surface area contributed by atoms with Crippen LogP contribution in [0.4, 0.5) is 0 Å². The smallest absolute Gasteiger partial charge is 0.387 e. The number of phosphoric acid groups is 1. The summed E-state index contributed by atoms with van der Waals surface area (Å²) in [6.45, 7) is 4.67. The van der Waals surface area contributed by atoms with Gasteiger partial charge < -0.3 is 19.8 Å². The maximum Gasteiger partial charge on any atom is 0.472 e. The first-order valence-electron chi connectivity index (χ1n) is 30.5. The Kier molecular flexibility index (Phi) is 52.7. The van der Waals surface area contributed by atoms with E-state index < -0.39 is 20.0 Å². The third-order valence-corrected chi connectivity index (χ3v) is 14.3. The molecule has 0 aromatic heterocycles. The summed E-state index contributed by atoms with van der Waals surface area (Å²) in [6, 6.07) is -0.863. The second-order valence-corrected chi connectivity index (χ2v) is 23.1. The number of quaternary nitrogens is 1. The van der Waals surface area contributed by atoms with Crippen LogP contribution in [0.5, 0.6) is 0 Å². The summed E-state index contributed by atoms with van der Waals surface area (Å²) in [6.07, 6.45) is 77.2. The summed E-state index contributed by atoms with van der Waals surface area (Å²) in [5.74, 6) is -0.186. The van der Waals surface area contributed by atoms with Gasteiger partial charge in [0.05, 0.1) is 39.9 Å². The Hall–Kier alpha value is -2.32. The molecule has 73 heavy (non-hydrogen) atoms.